The first-order valence-corrected chi connectivity index (χ1v) is 13.2. The van der Waals surface area contributed by atoms with E-state index in [4.69, 9.17) is 0 Å². The summed E-state index contributed by atoms with van der Waals surface area (Å²) >= 11 is 0. The molecular weight excluding hydrogens is 470 g/mol. The van der Waals surface area contributed by atoms with Crippen molar-refractivity contribution in [2.24, 2.45) is 0 Å². The highest BCUT2D eigenvalue weighted by Gasteiger charge is 2.48. The lowest BCUT2D eigenvalue weighted by Gasteiger charge is -2.29. The van der Waals surface area contributed by atoms with Gasteiger partial charge < -0.3 is 25.1 Å². The van der Waals surface area contributed by atoms with Crippen molar-refractivity contribution in [3.05, 3.63) is 101 Å². The summed E-state index contributed by atoms with van der Waals surface area (Å²) in [6.45, 7) is 1.56. The monoisotopic (exact) mass is 505 g/mol. The molecule has 0 atom stereocenters. The Labute approximate surface area is 223 Å². The Hall–Kier alpha value is -3.87. The summed E-state index contributed by atoms with van der Waals surface area (Å²) < 4.78 is 0. The van der Waals surface area contributed by atoms with Crippen LogP contribution in [0, 0.1) is 0 Å². The molecule has 0 saturated carbocycles. The number of anilines is 1. The molecule has 5 aromatic rings. The van der Waals surface area contributed by atoms with Crippen LogP contribution in [0.3, 0.4) is 0 Å². The topological polar surface area (TPSA) is 67.2 Å². The Bertz CT molecular complexity index is 1550. The number of para-hydroxylation sites is 3. The molecule has 1 amide bonds. The molecular formula is C32H35N5O. The molecule has 0 radical (unpaired) electrons. The second-order valence-corrected chi connectivity index (χ2v) is 11.2. The fourth-order valence-corrected chi connectivity index (χ4v) is 6.21. The maximum atomic E-state index is 14.2. The van der Waals surface area contributed by atoms with Crippen molar-refractivity contribution in [2.45, 2.75) is 31.3 Å². The lowest BCUT2D eigenvalue weighted by atomic mass is 9.71. The molecule has 3 N–H and O–H groups in total. The lowest BCUT2D eigenvalue weighted by molar-refractivity contribution is -0.120. The van der Waals surface area contributed by atoms with Gasteiger partial charge in [-0.15, -0.1) is 0 Å². The predicted molar refractivity (Wildman–Crippen MR) is 156 cm³/mol. The highest BCUT2D eigenvalue weighted by atomic mass is 16.2. The van der Waals surface area contributed by atoms with Gasteiger partial charge in [-0.2, -0.15) is 0 Å². The minimum absolute atomic E-state index is 0.0702. The number of benzene rings is 3. The number of H-pyrrole nitrogens is 2. The lowest BCUT2D eigenvalue weighted by Crippen LogP contribution is -2.39. The first kappa shape index (κ1) is 24.5. The Morgan fingerprint density at radius 3 is 1.66 bits per heavy atom. The van der Waals surface area contributed by atoms with Gasteiger partial charge in [-0.25, -0.2) is 0 Å². The number of aromatic amines is 2. The van der Waals surface area contributed by atoms with Crippen molar-refractivity contribution >= 4 is 33.4 Å². The molecule has 6 nitrogen and oxygen atoms in total. The Kier molecular flexibility index (Phi) is 6.09. The van der Waals surface area contributed by atoms with Gasteiger partial charge >= 0.3 is 0 Å². The molecule has 1 aliphatic rings. The third-order valence-corrected chi connectivity index (χ3v) is 7.84. The van der Waals surface area contributed by atoms with Gasteiger partial charge in [-0.3, -0.25) is 4.79 Å². The number of fused-ring (bicyclic) bond motifs is 3. The Morgan fingerprint density at radius 2 is 1.13 bits per heavy atom. The third-order valence-electron chi connectivity index (χ3n) is 7.84. The molecule has 1 aliphatic heterocycles. The van der Waals surface area contributed by atoms with E-state index in [0.29, 0.717) is 12.8 Å². The molecule has 0 bridgehead atoms. The summed E-state index contributed by atoms with van der Waals surface area (Å²) in [5.41, 5.74) is 8.25. The molecule has 2 aromatic heterocycles. The predicted octanol–water partition coefficient (Wildman–Crippen LogP) is 5.45. The molecule has 3 aromatic carbocycles. The summed E-state index contributed by atoms with van der Waals surface area (Å²) in [4.78, 5) is 25.9. The number of nitrogens with zero attached hydrogens (tertiary/aromatic N) is 2. The fraction of sp³-hybridized carbons (Fsp3) is 0.281. The highest BCUT2D eigenvalue weighted by molar-refractivity contribution is 6.07. The van der Waals surface area contributed by atoms with Crippen LogP contribution in [-0.4, -0.2) is 53.9 Å². The van der Waals surface area contributed by atoms with Crippen LogP contribution in [0.1, 0.15) is 28.1 Å². The standard InChI is InChI=1S/C32H35N5O/c1-36(2)19-29-23(21-11-5-8-14-26(21)33-29)17-32(25-13-7-10-16-28(25)35-31(32)38)18-24-22-12-6-9-15-27(22)34-30(24)20-37(3)4/h5-16,33-34H,17-20H2,1-4H3,(H,35,38). The third kappa shape index (κ3) is 4.10. The zero-order chi connectivity index (χ0) is 26.4. The second kappa shape index (κ2) is 9.46. The SMILES string of the molecule is CN(C)Cc1[nH]c2ccccc2c1CC1(Cc2c(CN(C)C)[nH]c3ccccc23)C(=O)Nc2ccccc21. The molecule has 3 heterocycles. The number of rotatable bonds is 8. The zero-order valence-corrected chi connectivity index (χ0v) is 22.6. The molecule has 38 heavy (non-hydrogen) atoms. The van der Waals surface area contributed by atoms with Crippen molar-refractivity contribution in [1.29, 1.82) is 0 Å². The minimum atomic E-state index is -0.741. The fourth-order valence-electron chi connectivity index (χ4n) is 6.21. The van der Waals surface area contributed by atoms with E-state index in [1.807, 2.05) is 12.1 Å². The van der Waals surface area contributed by atoms with Crippen LogP contribution in [0.15, 0.2) is 72.8 Å². The average molecular weight is 506 g/mol. The van der Waals surface area contributed by atoms with Crippen LogP contribution >= 0.6 is 0 Å². The van der Waals surface area contributed by atoms with Gasteiger partial charge in [0, 0.05) is 52.0 Å². The summed E-state index contributed by atoms with van der Waals surface area (Å²) in [6.07, 6.45) is 1.23. The van der Waals surface area contributed by atoms with Crippen LogP contribution in [0.25, 0.3) is 21.8 Å². The molecule has 0 unspecified atom stereocenters. The molecule has 6 heteroatoms. The quantitative estimate of drug-likeness (QED) is 0.263. The van der Waals surface area contributed by atoms with Crippen LogP contribution in [-0.2, 0) is 36.1 Å². The van der Waals surface area contributed by atoms with Gasteiger partial charge in [0.15, 0.2) is 0 Å². The van der Waals surface area contributed by atoms with E-state index in [9.17, 15) is 4.79 Å². The number of carbonyl (C=O) groups excluding carboxylic acids is 1. The highest BCUT2D eigenvalue weighted by Crippen LogP contribution is 2.45. The van der Waals surface area contributed by atoms with E-state index in [2.05, 4.69) is 114 Å². The molecule has 194 valence electrons. The first-order chi connectivity index (χ1) is 18.4. The van der Waals surface area contributed by atoms with E-state index in [-0.39, 0.29) is 5.91 Å². The number of hydrogen-bond donors (Lipinski definition) is 3. The van der Waals surface area contributed by atoms with Crippen LogP contribution in [0.5, 0.6) is 0 Å². The molecule has 0 spiro atoms. The van der Waals surface area contributed by atoms with E-state index < -0.39 is 5.41 Å². The normalized spacial score (nSPS) is 14.6. The molecule has 0 saturated heterocycles. The first-order valence-electron chi connectivity index (χ1n) is 13.2. The zero-order valence-electron chi connectivity index (χ0n) is 22.6. The van der Waals surface area contributed by atoms with E-state index in [1.54, 1.807) is 0 Å². The number of nitrogens with one attached hydrogen (secondary N) is 3. The molecule has 6 rings (SSSR count). The van der Waals surface area contributed by atoms with Crippen LogP contribution in [0.4, 0.5) is 5.69 Å². The summed E-state index contributed by atoms with van der Waals surface area (Å²) in [6, 6.07) is 25.1. The smallest absolute Gasteiger partial charge is 0.235 e. The van der Waals surface area contributed by atoms with Gasteiger partial charge in [0.1, 0.15) is 0 Å². The van der Waals surface area contributed by atoms with Gasteiger partial charge in [0.25, 0.3) is 0 Å². The van der Waals surface area contributed by atoms with Gasteiger partial charge in [0.05, 0.1) is 5.41 Å². The summed E-state index contributed by atoms with van der Waals surface area (Å²) in [5, 5.41) is 5.63. The van der Waals surface area contributed by atoms with E-state index >= 15 is 0 Å². The van der Waals surface area contributed by atoms with Gasteiger partial charge in [-0.05, 0) is 75.9 Å². The maximum Gasteiger partial charge on any atom is 0.235 e. The van der Waals surface area contributed by atoms with E-state index in [1.165, 1.54) is 33.3 Å². The molecule has 0 aliphatic carbocycles. The minimum Gasteiger partial charge on any atom is -0.357 e. The van der Waals surface area contributed by atoms with Crippen molar-refractivity contribution < 1.29 is 4.79 Å². The van der Waals surface area contributed by atoms with Gasteiger partial charge in [0.2, 0.25) is 5.91 Å². The Balaban J connectivity index is 1.57. The van der Waals surface area contributed by atoms with Crippen molar-refractivity contribution in [1.82, 2.24) is 19.8 Å². The van der Waals surface area contributed by atoms with Crippen molar-refractivity contribution in [3.63, 3.8) is 0 Å². The van der Waals surface area contributed by atoms with Crippen molar-refractivity contribution in [3.8, 4) is 0 Å². The van der Waals surface area contributed by atoms with Crippen molar-refractivity contribution in [2.75, 3.05) is 33.5 Å². The average Bonchev–Trinajstić information content (AvgIpc) is 3.49. The number of aromatic nitrogens is 2. The number of hydrogen-bond acceptors (Lipinski definition) is 3. The number of carbonyl (C=O) groups is 1. The maximum absolute atomic E-state index is 14.2. The van der Waals surface area contributed by atoms with E-state index in [0.717, 1.165) is 35.4 Å². The second-order valence-electron chi connectivity index (χ2n) is 11.2. The summed E-state index contributed by atoms with van der Waals surface area (Å²) in [7, 11) is 8.34. The summed E-state index contributed by atoms with van der Waals surface area (Å²) in [5.74, 6) is 0.0702. The number of amides is 1. The molecule has 0 fully saturated rings. The largest absolute Gasteiger partial charge is 0.357 e. The van der Waals surface area contributed by atoms with Gasteiger partial charge in [-0.1, -0.05) is 54.6 Å². The van der Waals surface area contributed by atoms with Crippen LogP contribution < -0.4 is 5.32 Å². The van der Waals surface area contributed by atoms with Crippen LogP contribution in [0.2, 0.25) is 0 Å². The Morgan fingerprint density at radius 1 is 0.658 bits per heavy atom.